The fourth-order valence-corrected chi connectivity index (χ4v) is 6.33. The third kappa shape index (κ3) is 4.80. The van der Waals surface area contributed by atoms with Crippen LogP contribution in [0.5, 0.6) is 0 Å². The zero-order valence-electron chi connectivity index (χ0n) is 19.3. The molecule has 35 heavy (non-hydrogen) atoms. The molecule has 0 saturated carbocycles. The molecule has 7 nitrogen and oxygen atoms in total. The Morgan fingerprint density at radius 3 is 2.43 bits per heavy atom. The van der Waals surface area contributed by atoms with Crippen molar-refractivity contribution in [3.63, 3.8) is 0 Å². The molecule has 182 valence electrons. The minimum absolute atomic E-state index is 0.0192. The number of carbonyl (C=O) groups excluding carboxylic acids is 2. The van der Waals surface area contributed by atoms with Crippen molar-refractivity contribution in [2.75, 3.05) is 24.7 Å². The largest absolute Gasteiger partial charge is 0.480 e. The Balaban J connectivity index is 1.19. The summed E-state index contributed by atoms with van der Waals surface area (Å²) in [6.45, 7) is 0.662. The molecule has 1 heterocycles. The molecule has 1 saturated heterocycles. The van der Waals surface area contributed by atoms with Crippen LogP contribution < -0.4 is 5.32 Å². The van der Waals surface area contributed by atoms with Crippen molar-refractivity contribution in [2.24, 2.45) is 5.92 Å². The van der Waals surface area contributed by atoms with Gasteiger partial charge in [-0.15, -0.1) is 0 Å². The van der Waals surface area contributed by atoms with Gasteiger partial charge in [-0.2, -0.15) is 11.8 Å². The Labute approximate surface area is 208 Å². The van der Waals surface area contributed by atoms with E-state index in [9.17, 15) is 19.5 Å². The molecule has 8 heteroatoms. The Morgan fingerprint density at radius 2 is 1.74 bits per heavy atom. The van der Waals surface area contributed by atoms with E-state index in [2.05, 4.69) is 29.6 Å². The van der Waals surface area contributed by atoms with Crippen LogP contribution in [0.2, 0.25) is 0 Å². The van der Waals surface area contributed by atoms with Gasteiger partial charge < -0.3 is 20.1 Å². The highest BCUT2D eigenvalue weighted by atomic mass is 32.2. The Morgan fingerprint density at radius 1 is 1.06 bits per heavy atom. The number of amides is 2. The zero-order chi connectivity index (χ0) is 24.4. The molecule has 3 atom stereocenters. The van der Waals surface area contributed by atoms with Crippen LogP contribution in [0.1, 0.15) is 29.9 Å². The lowest BCUT2D eigenvalue weighted by atomic mass is 9.89. The van der Waals surface area contributed by atoms with Gasteiger partial charge in [0, 0.05) is 29.9 Å². The second kappa shape index (κ2) is 10.2. The third-order valence-corrected chi connectivity index (χ3v) is 8.04. The predicted octanol–water partition coefficient (Wildman–Crippen LogP) is 3.89. The molecule has 0 aromatic heterocycles. The van der Waals surface area contributed by atoms with Gasteiger partial charge in [0.1, 0.15) is 12.6 Å². The van der Waals surface area contributed by atoms with Gasteiger partial charge >= 0.3 is 12.1 Å². The average molecular weight is 493 g/mol. The Hall–Kier alpha value is -3.26. The van der Waals surface area contributed by atoms with E-state index in [4.69, 9.17) is 4.74 Å². The van der Waals surface area contributed by atoms with E-state index in [1.54, 1.807) is 11.8 Å². The lowest BCUT2D eigenvalue weighted by Gasteiger charge is -2.36. The van der Waals surface area contributed by atoms with Crippen molar-refractivity contribution >= 4 is 29.7 Å². The highest BCUT2D eigenvalue weighted by molar-refractivity contribution is 7.99. The number of alkyl carbamates (subject to hydrolysis) is 1. The lowest BCUT2D eigenvalue weighted by molar-refractivity contribution is -0.151. The van der Waals surface area contributed by atoms with Gasteiger partial charge in [-0.3, -0.25) is 4.79 Å². The number of allylic oxidation sites excluding steroid dienone is 1. The first kappa shape index (κ1) is 23.5. The molecule has 2 aromatic carbocycles. The number of nitrogens with zero attached hydrogens (tertiary/aromatic N) is 1. The summed E-state index contributed by atoms with van der Waals surface area (Å²) in [6, 6.07) is 15.2. The zero-order valence-corrected chi connectivity index (χ0v) is 20.1. The van der Waals surface area contributed by atoms with Crippen molar-refractivity contribution in [2.45, 2.75) is 30.8 Å². The number of hydrogen-bond acceptors (Lipinski definition) is 5. The normalized spacial score (nSPS) is 23.3. The van der Waals surface area contributed by atoms with E-state index >= 15 is 0 Å². The van der Waals surface area contributed by atoms with Crippen LogP contribution in [0.15, 0.2) is 60.7 Å². The number of nitrogens with one attached hydrogen (secondary N) is 1. The maximum Gasteiger partial charge on any atom is 0.407 e. The van der Waals surface area contributed by atoms with Crippen LogP contribution in [-0.2, 0) is 14.3 Å². The summed E-state index contributed by atoms with van der Waals surface area (Å²) in [5.74, 6) is -0.352. The summed E-state index contributed by atoms with van der Waals surface area (Å²) in [5.41, 5.74) is 4.64. The second-order valence-electron chi connectivity index (χ2n) is 9.13. The summed E-state index contributed by atoms with van der Waals surface area (Å²) in [4.78, 5) is 38.9. The molecule has 0 bridgehead atoms. The monoisotopic (exact) mass is 492 g/mol. The van der Waals surface area contributed by atoms with Crippen LogP contribution >= 0.6 is 11.8 Å². The van der Waals surface area contributed by atoms with Crippen LogP contribution in [0, 0.1) is 5.92 Å². The third-order valence-electron chi connectivity index (χ3n) is 7.02. The molecule has 3 unspecified atom stereocenters. The molecule has 2 amide bonds. The van der Waals surface area contributed by atoms with Crippen molar-refractivity contribution in [1.82, 2.24) is 10.2 Å². The highest BCUT2D eigenvalue weighted by Crippen LogP contribution is 2.44. The maximum absolute atomic E-state index is 13.1. The van der Waals surface area contributed by atoms with Crippen molar-refractivity contribution in [3.8, 4) is 11.1 Å². The number of fused-ring (bicyclic) bond motifs is 3. The standard InChI is InChI=1S/C27H28N2O5S/c30-25(29-12-13-35-16-24(29)26(31)32)17-6-5-7-18(14-17)28-27(33)34-15-23-21-10-3-1-8-19(21)20-9-2-4-11-22(20)23/h1-5,7-11,17-18,23-24H,6,12-16H2,(H,28,33)(H,31,32). The fourth-order valence-electron chi connectivity index (χ4n) is 5.30. The molecule has 1 aliphatic heterocycles. The molecule has 1 fully saturated rings. The van der Waals surface area contributed by atoms with E-state index in [0.717, 1.165) is 16.9 Å². The molecule has 2 aromatic rings. The van der Waals surface area contributed by atoms with Gasteiger partial charge in [-0.05, 0) is 35.1 Å². The summed E-state index contributed by atoms with van der Waals surface area (Å²) < 4.78 is 5.64. The highest BCUT2D eigenvalue weighted by Gasteiger charge is 2.37. The summed E-state index contributed by atoms with van der Waals surface area (Å²) in [6.07, 6.45) is 4.21. The van der Waals surface area contributed by atoms with Gasteiger partial charge in [0.05, 0.1) is 6.04 Å². The number of hydrogen-bond donors (Lipinski definition) is 2. The molecule has 2 N–H and O–H groups in total. The second-order valence-corrected chi connectivity index (χ2v) is 10.3. The Kier molecular flexibility index (Phi) is 6.81. The number of ether oxygens (including phenoxy) is 1. The first-order valence-electron chi connectivity index (χ1n) is 11.9. The first-order valence-corrected chi connectivity index (χ1v) is 13.1. The molecule has 5 rings (SSSR count). The van der Waals surface area contributed by atoms with Crippen LogP contribution in [0.25, 0.3) is 11.1 Å². The molecular formula is C27H28N2O5S. The lowest BCUT2D eigenvalue weighted by Crippen LogP contribution is -2.53. The summed E-state index contributed by atoms with van der Waals surface area (Å²) in [7, 11) is 0. The van der Waals surface area contributed by atoms with Crippen molar-refractivity contribution in [3.05, 3.63) is 71.8 Å². The van der Waals surface area contributed by atoms with E-state index in [-0.39, 0.29) is 30.4 Å². The summed E-state index contributed by atoms with van der Waals surface area (Å²) >= 11 is 1.55. The van der Waals surface area contributed by atoms with Crippen LogP contribution in [-0.4, -0.2) is 64.7 Å². The van der Waals surface area contributed by atoms with Gasteiger partial charge in [-0.25, -0.2) is 9.59 Å². The van der Waals surface area contributed by atoms with Crippen LogP contribution in [0.3, 0.4) is 0 Å². The first-order chi connectivity index (χ1) is 17.0. The Bertz CT molecular complexity index is 1120. The van der Waals surface area contributed by atoms with Gasteiger partial charge in [0.25, 0.3) is 0 Å². The molecule has 0 radical (unpaired) electrons. The number of carboxylic acids is 1. The maximum atomic E-state index is 13.1. The number of carbonyl (C=O) groups is 3. The molecule has 3 aliphatic rings. The van der Waals surface area contributed by atoms with Crippen molar-refractivity contribution < 1.29 is 24.2 Å². The van der Waals surface area contributed by atoms with Gasteiger partial charge in [-0.1, -0.05) is 60.7 Å². The predicted molar refractivity (Wildman–Crippen MR) is 134 cm³/mol. The average Bonchev–Trinajstić information content (AvgIpc) is 3.21. The quantitative estimate of drug-likeness (QED) is 0.615. The van der Waals surface area contributed by atoms with Gasteiger partial charge in [0.2, 0.25) is 5.91 Å². The van der Waals surface area contributed by atoms with E-state index in [0.29, 0.717) is 25.1 Å². The molecule has 0 spiro atoms. The van der Waals surface area contributed by atoms with Gasteiger partial charge in [0.15, 0.2) is 0 Å². The number of rotatable bonds is 5. The van der Waals surface area contributed by atoms with E-state index in [1.165, 1.54) is 16.0 Å². The molecule has 2 aliphatic carbocycles. The fraction of sp³-hybridized carbons (Fsp3) is 0.370. The number of carboxylic acid groups (broad SMARTS) is 1. The topological polar surface area (TPSA) is 95.9 Å². The van der Waals surface area contributed by atoms with E-state index in [1.807, 2.05) is 36.4 Å². The summed E-state index contributed by atoms with van der Waals surface area (Å²) in [5, 5.41) is 12.4. The van der Waals surface area contributed by atoms with Crippen molar-refractivity contribution in [1.29, 1.82) is 0 Å². The minimum atomic E-state index is -0.967. The van der Waals surface area contributed by atoms with E-state index < -0.39 is 18.1 Å². The smallest absolute Gasteiger partial charge is 0.407 e. The number of aliphatic carboxylic acids is 1. The SMILES string of the molecule is O=C(NC1C=CCC(C(=O)N2CCSCC2C(=O)O)C1)OCC1c2ccccc2-c2ccccc21. The minimum Gasteiger partial charge on any atom is -0.480 e. The van der Waals surface area contributed by atoms with Crippen LogP contribution in [0.4, 0.5) is 4.79 Å². The number of thioether (sulfide) groups is 1. The number of benzene rings is 2. The molecular weight excluding hydrogens is 464 g/mol.